The van der Waals surface area contributed by atoms with Gasteiger partial charge in [-0.3, -0.25) is 9.59 Å². The van der Waals surface area contributed by atoms with Crippen molar-refractivity contribution in [1.82, 2.24) is 4.90 Å². The predicted molar refractivity (Wildman–Crippen MR) is 77.2 cm³/mol. The topological polar surface area (TPSA) is 83.6 Å². The minimum absolute atomic E-state index is 0.161. The highest BCUT2D eigenvalue weighted by Gasteiger charge is 2.28. The molecule has 3 unspecified atom stereocenters. The van der Waals surface area contributed by atoms with Crippen LogP contribution in [0.25, 0.3) is 0 Å². The molecule has 0 aliphatic carbocycles. The third kappa shape index (κ3) is 5.03. The lowest BCUT2D eigenvalue weighted by Gasteiger charge is -2.39. The molecule has 6 heteroatoms. The standard InChI is InChI=1S/C13H24N2O3S/c1-9-4-3-5-10(2)15(9)12(16)8-19-7-6-11(14)13(17)18/h9-11H,3-8,14H2,1-2H3,(H,17,18). The van der Waals surface area contributed by atoms with Crippen molar-refractivity contribution < 1.29 is 14.7 Å². The van der Waals surface area contributed by atoms with Crippen molar-refractivity contribution in [3.63, 3.8) is 0 Å². The Morgan fingerprint density at radius 3 is 2.47 bits per heavy atom. The van der Waals surface area contributed by atoms with Crippen molar-refractivity contribution in [1.29, 1.82) is 0 Å². The Balaban J connectivity index is 2.28. The zero-order valence-corrected chi connectivity index (χ0v) is 12.5. The van der Waals surface area contributed by atoms with Gasteiger partial charge in [-0.1, -0.05) is 0 Å². The van der Waals surface area contributed by atoms with Crippen LogP contribution in [0.5, 0.6) is 0 Å². The van der Waals surface area contributed by atoms with Gasteiger partial charge in [-0.25, -0.2) is 0 Å². The molecule has 5 nitrogen and oxygen atoms in total. The molecule has 1 heterocycles. The number of hydrogen-bond donors (Lipinski definition) is 2. The van der Waals surface area contributed by atoms with E-state index < -0.39 is 12.0 Å². The summed E-state index contributed by atoms with van der Waals surface area (Å²) < 4.78 is 0. The summed E-state index contributed by atoms with van der Waals surface area (Å²) in [4.78, 5) is 24.7. The molecule has 110 valence electrons. The second kappa shape index (κ2) is 7.75. The van der Waals surface area contributed by atoms with Crippen LogP contribution in [0.1, 0.15) is 39.5 Å². The lowest BCUT2D eigenvalue weighted by molar-refractivity contribution is -0.138. The average molecular weight is 288 g/mol. The van der Waals surface area contributed by atoms with E-state index in [1.807, 2.05) is 4.90 Å². The zero-order valence-electron chi connectivity index (χ0n) is 11.7. The van der Waals surface area contributed by atoms with E-state index in [-0.39, 0.29) is 5.91 Å². The first-order valence-electron chi connectivity index (χ1n) is 6.80. The van der Waals surface area contributed by atoms with Crippen molar-refractivity contribution in [3.05, 3.63) is 0 Å². The number of likely N-dealkylation sites (tertiary alicyclic amines) is 1. The van der Waals surface area contributed by atoms with Crippen molar-refractivity contribution in [2.75, 3.05) is 11.5 Å². The molecule has 1 aliphatic rings. The van der Waals surface area contributed by atoms with Gasteiger partial charge in [0, 0.05) is 12.1 Å². The number of nitrogens with two attached hydrogens (primary N) is 1. The quantitative estimate of drug-likeness (QED) is 0.720. The van der Waals surface area contributed by atoms with Crippen LogP contribution in [0.4, 0.5) is 0 Å². The summed E-state index contributed by atoms with van der Waals surface area (Å²) in [6, 6.07) is -0.188. The van der Waals surface area contributed by atoms with Gasteiger partial charge in [0.1, 0.15) is 6.04 Å². The van der Waals surface area contributed by atoms with Gasteiger partial charge in [0.2, 0.25) is 5.91 Å². The van der Waals surface area contributed by atoms with Crippen LogP contribution in [0.3, 0.4) is 0 Å². The fourth-order valence-electron chi connectivity index (χ4n) is 2.48. The van der Waals surface area contributed by atoms with Crippen LogP contribution in [-0.4, -0.2) is 51.5 Å². The first kappa shape index (κ1) is 16.3. The number of carbonyl (C=O) groups is 2. The van der Waals surface area contributed by atoms with E-state index in [0.29, 0.717) is 30.0 Å². The van der Waals surface area contributed by atoms with Crippen molar-refractivity contribution in [3.8, 4) is 0 Å². The van der Waals surface area contributed by atoms with Crippen molar-refractivity contribution >= 4 is 23.6 Å². The van der Waals surface area contributed by atoms with Gasteiger partial charge in [-0.2, -0.15) is 11.8 Å². The molecule has 0 aromatic carbocycles. The molecule has 19 heavy (non-hydrogen) atoms. The Labute approximate surface area is 118 Å². The number of carboxylic acids is 1. The van der Waals surface area contributed by atoms with Gasteiger partial charge in [-0.05, 0) is 45.3 Å². The van der Waals surface area contributed by atoms with E-state index in [0.717, 1.165) is 12.8 Å². The number of piperidine rings is 1. The monoisotopic (exact) mass is 288 g/mol. The highest BCUT2D eigenvalue weighted by molar-refractivity contribution is 7.99. The van der Waals surface area contributed by atoms with Crippen LogP contribution >= 0.6 is 11.8 Å². The molecule has 1 amide bonds. The summed E-state index contributed by atoms with van der Waals surface area (Å²) in [6.07, 6.45) is 3.74. The first-order valence-corrected chi connectivity index (χ1v) is 7.96. The molecule has 1 aliphatic heterocycles. The number of rotatable bonds is 6. The molecule has 0 bridgehead atoms. The minimum Gasteiger partial charge on any atom is -0.480 e. The molecule has 1 saturated heterocycles. The van der Waals surface area contributed by atoms with Crippen LogP contribution in [0.2, 0.25) is 0 Å². The first-order chi connectivity index (χ1) is 8.93. The summed E-state index contributed by atoms with van der Waals surface area (Å²) >= 11 is 1.47. The molecule has 0 aromatic rings. The third-order valence-corrected chi connectivity index (χ3v) is 4.57. The van der Waals surface area contributed by atoms with Crippen LogP contribution in [0.15, 0.2) is 0 Å². The van der Waals surface area contributed by atoms with E-state index in [4.69, 9.17) is 10.8 Å². The lowest BCUT2D eigenvalue weighted by Crippen LogP contribution is -2.48. The van der Waals surface area contributed by atoms with E-state index in [1.54, 1.807) is 0 Å². The van der Waals surface area contributed by atoms with Gasteiger partial charge in [-0.15, -0.1) is 0 Å². The Kier molecular flexibility index (Phi) is 6.65. The van der Waals surface area contributed by atoms with E-state index in [9.17, 15) is 9.59 Å². The number of aliphatic carboxylic acids is 1. The molecular weight excluding hydrogens is 264 g/mol. The fraction of sp³-hybridized carbons (Fsp3) is 0.846. The summed E-state index contributed by atoms with van der Waals surface area (Å²) in [5.74, 6) is 0.204. The SMILES string of the molecule is CC1CCCC(C)N1C(=O)CSCCC(N)C(=O)O. The molecule has 0 aromatic heterocycles. The van der Waals surface area contributed by atoms with E-state index >= 15 is 0 Å². The Morgan fingerprint density at radius 2 is 1.95 bits per heavy atom. The van der Waals surface area contributed by atoms with Crippen LogP contribution in [0, 0.1) is 0 Å². The summed E-state index contributed by atoms with van der Waals surface area (Å²) in [5.41, 5.74) is 5.41. The number of hydrogen-bond acceptors (Lipinski definition) is 4. The van der Waals surface area contributed by atoms with Crippen molar-refractivity contribution in [2.45, 2.75) is 57.7 Å². The normalized spacial score (nSPS) is 25.1. The number of carbonyl (C=O) groups excluding carboxylic acids is 1. The maximum Gasteiger partial charge on any atom is 0.320 e. The van der Waals surface area contributed by atoms with Crippen molar-refractivity contribution in [2.24, 2.45) is 5.73 Å². The minimum atomic E-state index is -0.981. The number of carboxylic acid groups (broad SMARTS) is 1. The maximum atomic E-state index is 12.2. The zero-order chi connectivity index (χ0) is 14.4. The summed E-state index contributed by atoms with van der Waals surface area (Å²) in [5, 5.41) is 8.65. The van der Waals surface area contributed by atoms with E-state index in [1.165, 1.54) is 18.2 Å². The fourth-order valence-corrected chi connectivity index (χ4v) is 3.37. The molecule has 3 atom stereocenters. The van der Waals surface area contributed by atoms with Crippen LogP contribution < -0.4 is 5.73 Å². The Bertz CT molecular complexity index is 315. The van der Waals surface area contributed by atoms with Gasteiger partial charge >= 0.3 is 5.97 Å². The molecule has 0 spiro atoms. The van der Waals surface area contributed by atoms with Gasteiger partial charge in [0.05, 0.1) is 5.75 Å². The number of nitrogens with zero attached hydrogens (tertiary/aromatic N) is 1. The molecule has 1 fully saturated rings. The van der Waals surface area contributed by atoms with Gasteiger partial charge in [0.15, 0.2) is 0 Å². The molecule has 0 radical (unpaired) electrons. The third-order valence-electron chi connectivity index (χ3n) is 3.60. The molecule has 1 rings (SSSR count). The van der Waals surface area contributed by atoms with Crippen LogP contribution in [-0.2, 0) is 9.59 Å². The number of thioether (sulfide) groups is 1. The van der Waals surface area contributed by atoms with E-state index in [2.05, 4.69) is 13.8 Å². The molecule has 0 saturated carbocycles. The molecular formula is C13H24N2O3S. The second-order valence-electron chi connectivity index (χ2n) is 5.22. The van der Waals surface area contributed by atoms with Gasteiger partial charge in [0.25, 0.3) is 0 Å². The highest BCUT2D eigenvalue weighted by atomic mass is 32.2. The lowest BCUT2D eigenvalue weighted by atomic mass is 9.98. The highest BCUT2D eigenvalue weighted by Crippen LogP contribution is 2.23. The number of amides is 1. The molecule has 3 N–H and O–H groups in total. The van der Waals surface area contributed by atoms with Gasteiger partial charge < -0.3 is 15.7 Å². The summed E-state index contributed by atoms with van der Waals surface area (Å²) in [7, 11) is 0. The average Bonchev–Trinajstić information content (AvgIpc) is 2.34. The Hall–Kier alpha value is -0.750. The smallest absolute Gasteiger partial charge is 0.320 e. The Morgan fingerprint density at radius 1 is 1.37 bits per heavy atom. The largest absolute Gasteiger partial charge is 0.480 e. The summed E-state index contributed by atoms with van der Waals surface area (Å²) in [6.45, 7) is 4.19. The predicted octanol–water partition coefficient (Wildman–Crippen LogP) is 1.31. The maximum absolute atomic E-state index is 12.2. The second-order valence-corrected chi connectivity index (χ2v) is 6.32.